The van der Waals surface area contributed by atoms with Gasteiger partial charge in [-0.15, -0.1) is 0 Å². The fraction of sp³-hybridized carbons (Fsp3) is 0.750. The molecule has 0 radical (unpaired) electrons. The Morgan fingerprint density at radius 3 is 2.57 bits per heavy atom. The monoisotopic (exact) mass is 600 g/mol. The number of carbonyl (C=O) groups excluding carboxylic acids is 1. The molecule has 35 heavy (non-hydrogen) atoms. The number of carbonyl (C=O) groups is 1. The summed E-state index contributed by atoms with van der Waals surface area (Å²) in [6, 6.07) is 6.01. The van der Waals surface area contributed by atoms with Crippen molar-refractivity contribution >= 4 is 26.4 Å². The molecule has 0 bridgehead atoms. The lowest BCUT2D eigenvalue weighted by molar-refractivity contribution is -0.114. The van der Waals surface area contributed by atoms with E-state index in [1.165, 1.54) is 17.5 Å². The molecule has 0 saturated heterocycles. The van der Waals surface area contributed by atoms with E-state index < -0.39 is 0 Å². The first-order chi connectivity index (χ1) is 16.9. The van der Waals surface area contributed by atoms with E-state index in [2.05, 4.69) is 13.0 Å². The normalized spacial score (nSPS) is 31.6. The number of halogens is 1. The molecule has 7 heteroatoms. The van der Waals surface area contributed by atoms with E-state index in [1.807, 2.05) is 12.1 Å². The molecule has 2 saturated carbocycles. The SMILES string of the molecule is C[C@]12CC[C@@H]3c4ccc(O)cc4C[C@@H](CCCCOCCOCCOCC(=O)I)[C@H]3[C@@H]1CC[C@@H]2O. The molecule has 6 nitrogen and oxygen atoms in total. The summed E-state index contributed by atoms with van der Waals surface area (Å²) in [5, 5.41) is 20.9. The average Bonchev–Trinajstić information content (AvgIpc) is 3.13. The maximum absolute atomic E-state index is 10.8. The van der Waals surface area contributed by atoms with Crippen molar-refractivity contribution in [2.75, 3.05) is 39.6 Å². The van der Waals surface area contributed by atoms with Crippen LogP contribution in [0.3, 0.4) is 0 Å². The van der Waals surface area contributed by atoms with Crippen molar-refractivity contribution in [2.24, 2.45) is 23.2 Å². The number of unbranched alkanes of at least 4 members (excludes halogenated alkanes) is 1. The molecule has 0 spiro atoms. The smallest absolute Gasteiger partial charge is 0.217 e. The number of aliphatic hydroxyl groups excluding tert-OH is 1. The lowest BCUT2D eigenvalue weighted by Gasteiger charge is -2.53. The maximum Gasteiger partial charge on any atom is 0.217 e. The molecule has 2 N–H and O–H groups in total. The third-order valence-corrected chi connectivity index (χ3v) is 9.22. The number of phenols is 1. The molecule has 0 heterocycles. The number of benzene rings is 1. The number of hydrogen-bond donors (Lipinski definition) is 2. The molecular formula is C28H41IO6. The zero-order chi connectivity index (χ0) is 24.8. The van der Waals surface area contributed by atoms with E-state index in [0.717, 1.165) is 51.6 Å². The minimum Gasteiger partial charge on any atom is -0.508 e. The average molecular weight is 601 g/mol. The van der Waals surface area contributed by atoms with Crippen LogP contribution in [0.5, 0.6) is 5.75 Å². The molecule has 0 aliphatic heterocycles. The number of rotatable bonds is 13. The van der Waals surface area contributed by atoms with Gasteiger partial charge in [-0.05, 0) is 97.3 Å². The van der Waals surface area contributed by atoms with Crippen molar-refractivity contribution in [2.45, 2.75) is 70.3 Å². The number of aromatic hydroxyl groups is 1. The molecule has 0 amide bonds. The molecule has 0 aromatic heterocycles. The van der Waals surface area contributed by atoms with Gasteiger partial charge in [0.1, 0.15) is 12.4 Å². The molecule has 196 valence electrons. The number of phenolic OH excluding ortho intramolecular Hbond substituents is 1. The number of ether oxygens (including phenoxy) is 3. The molecule has 3 aliphatic carbocycles. The zero-order valence-corrected chi connectivity index (χ0v) is 23.1. The van der Waals surface area contributed by atoms with E-state index in [-0.39, 0.29) is 21.9 Å². The fourth-order valence-corrected chi connectivity index (χ4v) is 7.45. The quantitative estimate of drug-likeness (QED) is 0.188. The standard InChI is InChI=1S/C28H41IO6/c1-28-10-9-23-22-6-5-21(30)17-20(22)16-19(27(23)24(28)7-8-25(28)31)4-2-3-11-33-12-13-34-14-15-35-18-26(29)32/h5-6,17,19,23-25,27,30-31H,2-4,7-16,18H2,1H3/t19-,23-,24+,25+,27-,28+/m1/s1. The first-order valence-corrected chi connectivity index (χ1v) is 14.4. The second kappa shape index (κ2) is 12.7. The van der Waals surface area contributed by atoms with Gasteiger partial charge >= 0.3 is 0 Å². The van der Waals surface area contributed by atoms with E-state index >= 15 is 0 Å². The predicted octanol–water partition coefficient (Wildman–Crippen LogP) is 5.02. The maximum atomic E-state index is 10.8. The lowest BCUT2D eigenvalue weighted by Crippen LogP contribution is -2.47. The Kier molecular flexibility index (Phi) is 9.89. The summed E-state index contributed by atoms with van der Waals surface area (Å²) >= 11 is 1.72. The number of hydrogen-bond acceptors (Lipinski definition) is 6. The van der Waals surface area contributed by atoms with Crippen molar-refractivity contribution in [3.8, 4) is 5.75 Å². The van der Waals surface area contributed by atoms with E-state index in [1.54, 1.807) is 22.6 Å². The van der Waals surface area contributed by atoms with Crippen LogP contribution in [0.4, 0.5) is 0 Å². The summed E-state index contributed by atoms with van der Waals surface area (Å²) in [6.07, 6.45) is 8.55. The Morgan fingerprint density at radius 2 is 1.80 bits per heavy atom. The zero-order valence-electron chi connectivity index (χ0n) is 20.9. The number of aliphatic hydroxyl groups is 1. The van der Waals surface area contributed by atoms with Gasteiger partial charge in [-0.1, -0.05) is 19.4 Å². The Labute approximate surface area is 223 Å². The minimum atomic E-state index is -0.161. The topological polar surface area (TPSA) is 85.2 Å². The third-order valence-electron chi connectivity index (χ3n) is 8.91. The summed E-state index contributed by atoms with van der Waals surface area (Å²) in [5.74, 6) is 2.75. The van der Waals surface area contributed by atoms with E-state index in [9.17, 15) is 15.0 Å². The molecule has 1 aromatic carbocycles. The van der Waals surface area contributed by atoms with Crippen molar-refractivity contribution < 1.29 is 29.2 Å². The largest absolute Gasteiger partial charge is 0.508 e. The van der Waals surface area contributed by atoms with Crippen LogP contribution in [0.15, 0.2) is 18.2 Å². The van der Waals surface area contributed by atoms with Crippen LogP contribution in [-0.2, 0) is 25.4 Å². The van der Waals surface area contributed by atoms with Gasteiger partial charge in [0.05, 0.1) is 32.5 Å². The Morgan fingerprint density at radius 1 is 1.06 bits per heavy atom. The molecule has 3 aliphatic rings. The van der Waals surface area contributed by atoms with Gasteiger partial charge in [-0.3, -0.25) is 4.79 Å². The molecule has 6 atom stereocenters. The van der Waals surface area contributed by atoms with Gasteiger partial charge in [0.15, 0.2) is 0 Å². The second-order valence-corrected chi connectivity index (χ2v) is 12.1. The summed E-state index contributed by atoms with van der Waals surface area (Å²) in [4.78, 5) is 10.8. The van der Waals surface area contributed by atoms with Crippen LogP contribution >= 0.6 is 22.6 Å². The fourth-order valence-electron chi connectivity index (χ4n) is 7.23. The van der Waals surface area contributed by atoms with Crippen molar-refractivity contribution in [1.29, 1.82) is 0 Å². The third kappa shape index (κ3) is 6.58. The van der Waals surface area contributed by atoms with Gasteiger partial charge in [0, 0.05) is 29.2 Å². The Hall–Kier alpha value is -0.740. The summed E-state index contributed by atoms with van der Waals surface area (Å²) in [6.45, 7) is 5.22. The highest BCUT2D eigenvalue weighted by atomic mass is 127. The van der Waals surface area contributed by atoms with E-state index in [0.29, 0.717) is 55.8 Å². The molecule has 4 rings (SSSR count). The van der Waals surface area contributed by atoms with Gasteiger partial charge < -0.3 is 24.4 Å². The molecule has 2 fully saturated rings. The van der Waals surface area contributed by atoms with Crippen LogP contribution in [0.2, 0.25) is 0 Å². The summed E-state index contributed by atoms with van der Waals surface area (Å²) in [5.41, 5.74) is 2.84. The van der Waals surface area contributed by atoms with Gasteiger partial charge in [-0.2, -0.15) is 0 Å². The summed E-state index contributed by atoms with van der Waals surface area (Å²) < 4.78 is 16.4. The highest BCUT2D eigenvalue weighted by molar-refractivity contribution is 14.1. The highest BCUT2D eigenvalue weighted by Crippen LogP contribution is 2.62. The molecular weight excluding hydrogens is 559 g/mol. The minimum absolute atomic E-state index is 0.00428. The number of fused-ring (bicyclic) bond motifs is 5. The summed E-state index contributed by atoms with van der Waals surface area (Å²) in [7, 11) is 0. The molecule has 1 aromatic rings. The van der Waals surface area contributed by atoms with Crippen molar-refractivity contribution in [3.63, 3.8) is 0 Å². The van der Waals surface area contributed by atoms with Gasteiger partial charge in [-0.25, -0.2) is 0 Å². The van der Waals surface area contributed by atoms with Crippen LogP contribution in [-0.4, -0.2) is 59.7 Å². The van der Waals surface area contributed by atoms with Crippen molar-refractivity contribution in [1.82, 2.24) is 0 Å². The van der Waals surface area contributed by atoms with Crippen LogP contribution in [0.25, 0.3) is 0 Å². The van der Waals surface area contributed by atoms with Crippen LogP contribution in [0, 0.1) is 23.2 Å². The van der Waals surface area contributed by atoms with Crippen LogP contribution < -0.4 is 0 Å². The first kappa shape index (κ1) is 27.3. The lowest BCUT2D eigenvalue weighted by atomic mass is 9.52. The Balaban J connectivity index is 1.24. The van der Waals surface area contributed by atoms with Crippen molar-refractivity contribution in [3.05, 3.63) is 29.3 Å². The second-order valence-electron chi connectivity index (χ2n) is 10.9. The predicted molar refractivity (Wildman–Crippen MR) is 143 cm³/mol. The van der Waals surface area contributed by atoms with E-state index in [4.69, 9.17) is 14.2 Å². The first-order valence-electron chi connectivity index (χ1n) is 13.3. The van der Waals surface area contributed by atoms with Crippen LogP contribution in [0.1, 0.15) is 68.9 Å². The highest BCUT2D eigenvalue weighted by Gasteiger charge is 2.56. The Bertz CT molecular complexity index is 847. The molecule has 0 unspecified atom stereocenters. The van der Waals surface area contributed by atoms with Gasteiger partial charge in [0.2, 0.25) is 3.79 Å². The van der Waals surface area contributed by atoms with Gasteiger partial charge in [0.25, 0.3) is 0 Å².